The van der Waals surface area contributed by atoms with Gasteiger partial charge in [-0.3, -0.25) is 29.5 Å². The van der Waals surface area contributed by atoms with Gasteiger partial charge in [0.2, 0.25) is 0 Å². The third kappa shape index (κ3) is 3.32. The normalized spacial score (nSPS) is 25.7. The lowest BCUT2D eigenvalue weighted by atomic mass is 9.73. The third-order valence-corrected chi connectivity index (χ3v) is 9.98. The Morgan fingerprint density at radius 3 is 2.59 bits per heavy atom. The first-order chi connectivity index (χ1) is 19.7. The maximum atomic E-state index is 13.6. The molecule has 202 valence electrons. The molecule has 2 aliphatic carbocycles. The number of aliphatic imine (C=N–C) groups is 1. The van der Waals surface area contributed by atoms with Crippen LogP contribution < -0.4 is 5.32 Å². The maximum Gasteiger partial charge on any atom is 0.272 e. The quantitative estimate of drug-likeness (QED) is 0.129. The van der Waals surface area contributed by atoms with E-state index >= 15 is 0 Å². The Morgan fingerprint density at radius 1 is 1.07 bits per heavy atom. The summed E-state index contributed by atoms with van der Waals surface area (Å²) in [7, 11) is 0. The number of nitro benzene ring substituents is 1. The lowest BCUT2D eigenvalue weighted by Crippen LogP contribution is -2.36. The Balaban J connectivity index is 1.03. The van der Waals surface area contributed by atoms with Gasteiger partial charge in [-0.15, -0.1) is 11.8 Å². The number of non-ortho nitro benzene ring substituents is 1. The van der Waals surface area contributed by atoms with Crippen LogP contribution in [-0.2, 0) is 4.79 Å². The summed E-state index contributed by atoms with van der Waals surface area (Å²) < 4.78 is 0. The molecule has 2 aromatic heterocycles. The molecule has 2 unspecified atom stereocenters. The number of rotatable bonds is 5. The van der Waals surface area contributed by atoms with Crippen LogP contribution in [0.1, 0.15) is 34.3 Å². The van der Waals surface area contributed by atoms with Crippen LogP contribution in [0.15, 0.2) is 76.9 Å². The molecule has 4 heterocycles. The van der Waals surface area contributed by atoms with E-state index in [0.29, 0.717) is 22.3 Å². The molecular formula is C30H21N5O5S. The Bertz CT molecular complexity index is 2020. The largest absolute Gasteiger partial charge is 0.352 e. The first-order valence-corrected chi connectivity index (χ1v) is 14.1. The van der Waals surface area contributed by atoms with E-state index in [1.54, 1.807) is 54.4 Å². The van der Waals surface area contributed by atoms with E-state index in [1.807, 2.05) is 6.08 Å². The molecule has 0 bridgehead atoms. The minimum Gasteiger partial charge on any atom is -0.352 e. The highest BCUT2D eigenvalue weighted by Crippen LogP contribution is 2.66. The van der Waals surface area contributed by atoms with E-state index in [0.717, 1.165) is 34.2 Å². The summed E-state index contributed by atoms with van der Waals surface area (Å²) >= 11 is 1.61. The molecule has 1 spiro atoms. The van der Waals surface area contributed by atoms with Gasteiger partial charge in [-0.05, 0) is 54.3 Å². The van der Waals surface area contributed by atoms with Crippen molar-refractivity contribution in [3.05, 3.63) is 93.5 Å². The van der Waals surface area contributed by atoms with Crippen molar-refractivity contribution in [2.24, 2.45) is 16.3 Å². The van der Waals surface area contributed by atoms with Gasteiger partial charge in [-0.2, -0.15) is 0 Å². The molecule has 41 heavy (non-hydrogen) atoms. The molecule has 4 aliphatic rings. The second kappa shape index (κ2) is 8.14. The fraction of sp³-hybridized carbons (Fsp3) is 0.200. The number of carbonyl (C=O) groups excluding carboxylic acids is 3. The van der Waals surface area contributed by atoms with Crippen molar-refractivity contribution in [3.8, 4) is 0 Å². The number of fused-ring (bicyclic) bond motifs is 3. The number of aromatic nitrogens is 2. The molecule has 2 aliphatic heterocycles. The van der Waals surface area contributed by atoms with Gasteiger partial charge in [0.25, 0.3) is 11.6 Å². The van der Waals surface area contributed by atoms with Crippen LogP contribution in [0.4, 0.5) is 11.4 Å². The van der Waals surface area contributed by atoms with Crippen molar-refractivity contribution in [1.29, 1.82) is 0 Å². The molecule has 2 saturated carbocycles. The molecule has 0 saturated heterocycles. The highest BCUT2D eigenvalue weighted by molar-refractivity contribution is 8.01. The number of aromatic amines is 2. The standard InChI is InChI=1S/C30H21N5O5S/c1-13-6-24-18(30-19(28(30)37)12-31-27(13)30)11-25(41-24)26(36)22-9-14-7-16(2-4-20(14)33-22)32-29(38)23-10-15-8-17(35(39)40)3-5-21(15)34-23/h2-5,7-13,24-25,33-34H,6H2,1H3,(H,32,38)/t13-,24+,25?,30?/m0/s1. The van der Waals surface area contributed by atoms with Crippen LogP contribution in [0.25, 0.3) is 21.8 Å². The number of nitrogens with zero attached hydrogens (tertiary/aromatic N) is 2. The van der Waals surface area contributed by atoms with Crippen molar-refractivity contribution in [2.75, 3.05) is 5.32 Å². The van der Waals surface area contributed by atoms with Crippen LogP contribution in [0, 0.1) is 21.4 Å². The summed E-state index contributed by atoms with van der Waals surface area (Å²) in [5, 5.41) is 15.0. The average Bonchev–Trinajstić information content (AvgIpc) is 3.57. The summed E-state index contributed by atoms with van der Waals surface area (Å²) in [5.41, 5.74) is 4.67. The van der Waals surface area contributed by atoms with Crippen LogP contribution >= 0.6 is 11.8 Å². The maximum absolute atomic E-state index is 13.6. The summed E-state index contributed by atoms with van der Waals surface area (Å²) in [5.74, 6) is -0.112. The minimum absolute atomic E-state index is 0.0494. The zero-order valence-electron chi connectivity index (χ0n) is 21.6. The number of benzene rings is 2. The number of anilines is 1. The Kier molecular flexibility index (Phi) is 4.77. The van der Waals surface area contributed by atoms with Gasteiger partial charge in [0.1, 0.15) is 11.1 Å². The molecule has 8 rings (SSSR count). The van der Waals surface area contributed by atoms with E-state index in [2.05, 4.69) is 27.2 Å². The van der Waals surface area contributed by atoms with Gasteiger partial charge >= 0.3 is 0 Å². The molecule has 2 aromatic carbocycles. The SMILES string of the molecule is C[C@H]1C[C@H]2SC(C(=O)c3cc4cc(NC(=O)c5cc6cc([N+](=O)[O-])ccc6[nH]5)ccc4[nH]3)C=C2C23C(=O)C2=CN=C13. The number of amides is 1. The lowest BCUT2D eigenvalue weighted by Gasteiger charge is -2.32. The fourth-order valence-corrected chi connectivity index (χ4v) is 8.21. The molecule has 4 aromatic rings. The first-order valence-electron chi connectivity index (χ1n) is 13.2. The van der Waals surface area contributed by atoms with Crippen LogP contribution in [0.2, 0.25) is 0 Å². The monoisotopic (exact) mass is 563 g/mol. The van der Waals surface area contributed by atoms with E-state index < -0.39 is 21.5 Å². The van der Waals surface area contributed by atoms with E-state index in [-0.39, 0.29) is 34.1 Å². The number of nitrogens with one attached hydrogen (secondary N) is 3. The second-order valence-electron chi connectivity index (χ2n) is 11.0. The van der Waals surface area contributed by atoms with Crippen molar-refractivity contribution in [2.45, 2.75) is 23.8 Å². The molecule has 1 amide bonds. The number of hydrogen-bond acceptors (Lipinski definition) is 7. The third-order valence-electron chi connectivity index (χ3n) is 8.56. The first kappa shape index (κ1) is 24.1. The minimum atomic E-state index is -0.669. The summed E-state index contributed by atoms with van der Waals surface area (Å²) in [6.07, 6.45) is 4.54. The van der Waals surface area contributed by atoms with Crippen molar-refractivity contribution in [1.82, 2.24) is 9.97 Å². The molecule has 4 atom stereocenters. The van der Waals surface area contributed by atoms with Crippen LogP contribution in [-0.4, -0.2) is 48.6 Å². The predicted molar refractivity (Wildman–Crippen MR) is 156 cm³/mol. The second-order valence-corrected chi connectivity index (χ2v) is 12.3. The van der Waals surface area contributed by atoms with E-state index in [4.69, 9.17) is 0 Å². The molecule has 11 heteroatoms. The fourth-order valence-electron chi connectivity index (χ4n) is 6.58. The number of hydrogen-bond donors (Lipinski definition) is 3. The van der Waals surface area contributed by atoms with Crippen molar-refractivity contribution < 1.29 is 19.3 Å². The van der Waals surface area contributed by atoms with Crippen LogP contribution in [0.5, 0.6) is 0 Å². The van der Waals surface area contributed by atoms with Gasteiger partial charge in [0.05, 0.1) is 15.9 Å². The van der Waals surface area contributed by atoms with Gasteiger partial charge in [-0.1, -0.05) is 13.0 Å². The number of thioether (sulfide) groups is 1. The molecule has 0 radical (unpaired) electrons. The van der Waals surface area contributed by atoms with Gasteiger partial charge < -0.3 is 15.3 Å². The Hall–Kier alpha value is -4.77. The number of allylic oxidation sites excluding steroid dienone is 1. The Labute approximate surface area is 236 Å². The number of nitro groups is 1. The zero-order chi connectivity index (χ0) is 28.2. The molecule has 2 fully saturated rings. The summed E-state index contributed by atoms with van der Waals surface area (Å²) in [6, 6.07) is 13.1. The van der Waals surface area contributed by atoms with E-state index in [9.17, 15) is 24.5 Å². The average molecular weight is 564 g/mol. The summed E-state index contributed by atoms with van der Waals surface area (Å²) in [6.45, 7) is 2.10. The van der Waals surface area contributed by atoms with Gasteiger partial charge in [0.15, 0.2) is 11.6 Å². The number of ketones is 2. The van der Waals surface area contributed by atoms with Crippen molar-refractivity contribution >= 4 is 68.1 Å². The highest BCUT2D eigenvalue weighted by Gasteiger charge is 2.72. The Morgan fingerprint density at radius 2 is 1.80 bits per heavy atom. The number of carbonyl (C=O) groups is 3. The van der Waals surface area contributed by atoms with Gasteiger partial charge in [0, 0.05) is 62.4 Å². The van der Waals surface area contributed by atoms with Crippen LogP contribution in [0.3, 0.4) is 0 Å². The number of H-pyrrole nitrogens is 2. The van der Waals surface area contributed by atoms with Gasteiger partial charge in [-0.25, -0.2) is 0 Å². The van der Waals surface area contributed by atoms with E-state index in [1.165, 1.54) is 12.1 Å². The molecule has 3 N–H and O–H groups in total. The lowest BCUT2D eigenvalue weighted by molar-refractivity contribution is -0.384. The molecule has 10 nitrogen and oxygen atoms in total. The highest BCUT2D eigenvalue weighted by atomic mass is 32.2. The topological polar surface area (TPSA) is 150 Å². The van der Waals surface area contributed by atoms with Crippen molar-refractivity contribution in [3.63, 3.8) is 0 Å². The zero-order valence-corrected chi connectivity index (χ0v) is 22.4. The summed E-state index contributed by atoms with van der Waals surface area (Å²) in [4.78, 5) is 60.6. The smallest absolute Gasteiger partial charge is 0.272 e. The number of Topliss-reactive ketones (excluding diaryl/α,β-unsaturated/α-hetero) is 2. The predicted octanol–water partition coefficient (Wildman–Crippen LogP) is 5.35. The molecular weight excluding hydrogens is 542 g/mol.